The summed E-state index contributed by atoms with van der Waals surface area (Å²) in [7, 11) is 0. The third kappa shape index (κ3) is 2.94. The Morgan fingerprint density at radius 2 is 1.80 bits per heavy atom. The Morgan fingerprint density at radius 3 is 2.60 bits per heavy atom. The van der Waals surface area contributed by atoms with Gasteiger partial charge >= 0.3 is 11.6 Å². The van der Waals surface area contributed by atoms with Gasteiger partial charge in [0.15, 0.2) is 0 Å². The highest BCUT2D eigenvalue weighted by molar-refractivity contribution is 6.33. The Morgan fingerprint density at radius 1 is 1.04 bits per heavy atom. The minimum Gasteiger partial charge on any atom is -0.423 e. The van der Waals surface area contributed by atoms with Crippen LogP contribution in [0.5, 0.6) is 5.75 Å². The Kier molecular flexibility index (Phi) is 4.06. The molecular weight excluding hydrogens is 340 g/mol. The molecule has 0 saturated carbocycles. The quantitative estimate of drug-likeness (QED) is 0.385. The number of fused-ring (bicyclic) bond motifs is 3. The summed E-state index contributed by atoms with van der Waals surface area (Å²) in [6.45, 7) is 0. The summed E-state index contributed by atoms with van der Waals surface area (Å²) in [5.41, 5.74) is 2.27. The number of ether oxygens (including phenoxy) is 1. The first-order valence-electron chi connectivity index (χ1n) is 8.19. The molecule has 126 valence electrons. The van der Waals surface area contributed by atoms with Gasteiger partial charge in [-0.1, -0.05) is 23.7 Å². The minimum atomic E-state index is -0.551. The van der Waals surface area contributed by atoms with Gasteiger partial charge in [0.1, 0.15) is 11.3 Å². The SMILES string of the molecule is O=C(Oc1ccc2c3c(c(=O)oc2c1)CCCC3)c1ccccc1Cl. The monoisotopic (exact) mass is 354 g/mol. The van der Waals surface area contributed by atoms with Gasteiger partial charge in [0.25, 0.3) is 0 Å². The van der Waals surface area contributed by atoms with E-state index < -0.39 is 5.97 Å². The second-order valence-corrected chi connectivity index (χ2v) is 6.49. The van der Waals surface area contributed by atoms with Crippen LogP contribution in [0.2, 0.25) is 5.02 Å². The van der Waals surface area contributed by atoms with Gasteiger partial charge in [0, 0.05) is 17.0 Å². The molecule has 0 fully saturated rings. The Bertz CT molecular complexity index is 1040. The van der Waals surface area contributed by atoms with Crippen LogP contribution in [0.4, 0.5) is 0 Å². The molecule has 0 bridgehead atoms. The van der Waals surface area contributed by atoms with Crippen molar-refractivity contribution in [2.24, 2.45) is 0 Å². The summed E-state index contributed by atoms with van der Waals surface area (Å²) in [6.07, 6.45) is 3.71. The van der Waals surface area contributed by atoms with Crippen molar-refractivity contribution < 1.29 is 13.9 Å². The highest BCUT2D eigenvalue weighted by Crippen LogP contribution is 2.29. The maximum Gasteiger partial charge on any atom is 0.345 e. The number of esters is 1. The first-order valence-corrected chi connectivity index (χ1v) is 8.56. The second kappa shape index (κ2) is 6.37. The van der Waals surface area contributed by atoms with Crippen LogP contribution in [0.1, 0.15) is 34.3 Å². The van der Waals surface area contributed by atoms with E-state index in [1.54, 1.807) is 36.4 Å². The zero-order valence-electron chi connectivity index (χ0n) is 13.4. The second-order valence-electron chi connectivity index (χ2n) is 6.08. The molecule has 25 heavy (non-hydrogen) atoms. The van der Waals surface area contributed by atoms with Crippen molar-refractivity contribution in [2.75, 3.05) is 0 Å². The summed E-state index contributed by atoms with van der Waals surface area (Å²) >= 11 is 6.02. The number of carbonyl (C=O) groups excluding carboxylic acids is 1. The van der Waals surface area contributed by atoms with Gasteiger partial charge in [0.2, 0.25) is 0 Å². The van der Waals surface area contributed by atoms with Gasteiger partial charge in [-0.05, 0) is 55.5 Å². The van der Waals surface area contributed by atoms with E-state index in [1.807, 2.05) is 6.07 Å². The summed E-state index contributed by atoms with van der Waals surface area (Å²) in [5, 5.41) is 1.24. The molecule has 0 radical (unpaired) electrons. The lowest BCUT2D eigenvalue weighted by molar-refractivity contribution is 0.0735. The predicted octanol–water partition coefficient (Wildman–Crippen LogP) is 4.54. The lowest BCUT2D eigenvalue weighted by atomic mass is 9.91. The molecule has 1 aliphatic rings. The van der Waals surface area contributed by atoms with E-state index in [0.29, 0.717) is 16.4 Å². The predicted molar refractivity (Wildman–Crippen MR) is 95.5 cm³/mol. The number of benzene rings is 2. The summed E-state index contributed by atoms with van der Waals surface area (Å²) in [5.74, 6) is -0.235. The van der Waals surface area contributed by atoms with Gasteiger partial charge in [-0.15, -0.1) is 0 Å². The minimum absolute atomic E-state index is 0.288. The molecule has 1 heterocycles. The Hall–Kier alpha value is -2.59. The lowest BCUT2D eigenvalue weighted by Crippen LogP contribution is -2.16. The summed E-state index contributed by atoms with van der Waals surface area (Å²) in [4.78, 5) is 24.5. The van der Waals surface area contributed by atoms with Crippen molar-refractivity contribution >= 4 is 28.5 Å². The number of rotatable bonds is 2. The summed E-state index contributed by atoms with van der Waals surface area (Å²) < 4.78 is 10.8. The van der Waals surface area contributed by atoms with Crippen LogP contribution in [0.15, 0.2) is 51.7 Å². The fourth-order valence-electron chi connectivity index (χ4n) is 3.28. The van der Waals surface area contributed by atoms with Gasteiger partial charge in [-0.3, -0.25) is 0 Å². The molecule has 3 aromatic rings. The van der Waals surface area contributed by atoms with Crippen molar-refractivity contribution in [2.45, 2.75) is 25.7 Å². The average Bonchev–Trinajstić information content (AvgIpc) is 2.62. The highest BCUT2D eigenvalue weighted by Gasteiger charge is 2.19. The summed E-state index contributed by atoms with van der Waals surface area (Å²) in [6, 6.07) is 11.8. The van der Waals surface area contributed by atoms with Crippen molar-refractivity contribution in [1.29, 1.82) is 0 Å². The molecule has 0 unspecified atom stereocenters. The molecule has 0 amide bonds. The van der Waals surface area contributed by atoms with Crippen LogP contribution in [0.3, 0.4) is 0 Å². The Labute approximate surface area is 149 Å². The van der Waals surface area contributed by atoms with Crippen LogP contribution < -0.4 is 10.4 Å². The zero-order valence-corrected chi connectivity index (χ0v) is 14.1. The topological polar surface area (TPSA) is 56.5 Å². The van der Waals surface area contributed by atoms with Crippen LogP contribution in [0.25, 0.3) is 11.0 Å². The van der Waals surface area contributed by atoms with Gasteiger partial charge < -0.3 is 9.15 Å². The number of carbonyl (C=O) groups is 1. The van der Waals surface area contributed by atoms with E-state index in [4.69, 9.17) is 20.8 Å². The van der Waals surface area contributed by atoms with E-state index in [0.717, 1.165) is 42.2 Å². The third-order valence-electron chi connectivity index (χ3n) is 4.50. The number of hydrogen-bond acceptors (Lipinski definition) is 4. The molecular formula is C20H15ClO4. The number of hydrogen-bond donors (Lipinski definition) is 0. The zero-order chi connectivity index (χ0) is 17.4. The van der Waals surface area contributed by atoms with E-state index in [-0.39, 0.29) is 11.2 Å². The van der Waals surface area contributed by atoms with Crippen molar-refractivity contribution in [1.82, 2.24) is 0 Å². The average molecular weight is 355 g/mol. The fourth-order valence-corrected chi connectivity index (χ4v) is 3.49. The van der Waals surface area contributed by atoms with Crippen molar-refractivity contribution in [3.05, 3.63) is 74.6 Å². The van der Waals surface area contributed by atoms with Crippen molar-refractivity contribution in [3.8, 4) is 5.75 Å². The Balaban J connectivity index is 1.71. The molecule has 1 aromatic heterocycles. The maximum absolute atomic E-state index is 12.3. The molecule has 0 spiro atoms. The molecule has 5 heteroatoms. The molecule has 0 N–H and O–H groups in total. The maximum atomic E-state index is 12.3. The van der Waals surface area contributed by atoms with Crippen molar-refractivity contribution in [3.63, 3.8) is 0 Å². The van der Waals surface area contributed by atoms with Gasteiger partial charge in [-0.25, -0.2) is 9.59 Å². The highest BCUT2D eigenvalue weighted by atomic mass is 35.5. The van der Waals surface area contributed by atoms with Crippen LogP contribution in [-0.4, -0.2) is 5.97 Å². The van der Waals surface area contributed by atoms with E-state index in [1.165, 1.54) is 0 Å². The van der Waals surface area contributed by atoms with Gasteiger partial charge in [0.05, 0.1) is 10.6 Å². The third-order valence-corrected chi connectivity index (χ3v) is 4.83. The van der Waals surface area contributed by atoms with E-state index in [9.17, 15) is 9.59 Å². The number of halogens is 1. The largest absolute Gasteiger partial charge is 0.423 e. The standard InChI is InChI=1S/C20H15ClO4/c21-17-8-4-3-7-16(17)20(23)24-12-9-10-14-13-5-1-2-6-15(13)19(22)25-18(14)11-12/h3-4,7-11H,1-2,5-6H2. The van der Waals surface area contributed by atoms with E-state index in [2.05, 4.69) is 0 Å². The molecule has 0 aliphatic heterocycles. The molecule has 2 aromatic carbocycles. The molecule has 4 rings (SSSR count). The first-order chi connectivity index (χ1) is 12.1. The number of aryl methyl sites for hydroxylation is 1. The van der Waals surface area contributed by atoms with Crippen LogP contribution in [0, 0.1) is 0 Å². The van der Waals surface area contributed by atoms with E-state index >= 15 is 0 Å². The van der Waals surface area contributed by atoms with Crippen LogP contribution in [-0.2, 0) is 12.8 Å². The molecule has 1 aliphatic carbocycles. The normalized spacial score (nSPS) is 13.5. The smallest absolute Gasteiger partial charge is 0.345 e. The van der Waals surface area contributed by atoms with Gasteiger partial charge in [-0.2, -0.15) is 0 Å². The molecule has 4 nitrogen and oxygen atoms in total. The lowest BCUT2D eigenvalue weighted by Gasteiger charge is -2.16. The fraction of sp³-hybridized carbons (Fsp3) is 0.200. The first kappa shape index (κ1) is 15.9. The van der Waals surface area contributed by atoms with Crippen LogP contribution >= 0.6 is 11.6 Å². The molecule has 0 atom stereocenters. The molecule has 0 saturated heterocycles.